The molecule has 0 saturated carbocycles. The zero-order chi connectivity index (χ0) is 14.1. The highest BCUT2D eigenvalue weighted by Gasteiger charge is 2.12. The first-order valence-electron chi connectivity index (χ1n) is 7.33. The van der Waals surface area contributed by atoms with Crippen LogP contribution in [0, 0.1) is 0 Å². The fraction of sp³-hybridized carbons (Fsp3) is 0.625. The maximum absolute atomic E-state index is 10.3. The van der Waals surface area contributed by atoms with Crippen LogP contribution in [0.25, 0.3) is 0 Å². The van der Waals surface area contributed by atoms with Gasteiger partial charge in [-0.1, -0.05) is 50.4 Å². The monoisotopic (exact) mass is 283 g/mol. The van der Waals surface area contributed by atoms with Gasteiger partial charge in [-0.05, 0) is 43.6 Å². The van der Waals surface area contributed by atoms with E-state index in [4.69, 9.17) is 11.6 Å². The molecule has 2 nitrogen and oxygen atoms in total. The average molecular weight is 284 g/mol. The highest BCUT2D eigenvalue weighted by molar-refractivity contribution is 6.30. The minimum absolute atomic E-state index is 0.425. The molecule has 0 spiro atoms. The van der Waals surface area contributed by atoms with Crippen LogP contribution in [-0.4, -0.2) is 29.6 Å². The third-order valence-corrected chi connectivity index (χ3v) is 3.59. The van der Waals surface area contributed by atoms with Gasteiger partial charge in [0.05, 0.1) is 6.10 Å². The van der Waals surface area contributed by atoms with Gasteiger partial charge in [0, 0.05) is 11.6 Å². The van der Waals surface area contributed by atoms with Gasteiger partial charge in [-0.25, -0.2) is 0 Å². The van der Waals surface area contributed by atoms with Crippen molar-refractivity contribution in [2.75, 3.05) is 19.6 Å². The third-order valence-electron chi connectivity index (χ3n) is 3.34. The fourth-order valence-electron chi connectivity index (χ4n) is 2.09. The largest absolute Gasteiger partial charge is 0.387 e. The molecule has 0 aromatic heterocycles. The van der Waals surface area contributed by atoms with Gasteiger partial charge in [0.15, 0.2) is 0 Å². The molecule has 0 fully saturated rings. The Labute approximate surface area is 122 Å². The second-order valence-electron chi connectivity index (χ2n) is 5.08. The lowest BCUT2D eigenvalue weighted by molar-refractivity contribution is 0.111. The van der Waals surface area contributed by atoms with E-state index in [-0.39, 0.29) is 0 Å². The Morgan fingerprint density at radius 2 is 1.58 bits per heavy atom. The van der Waals surface area contributed by atoms with E-state index in [0.29, 0.717) is 11.6 Å². The van der Waals surface area contributed by atoms with Crippen LogP contribution in [0.5, 0.6) is 0 Å². The number of aliphatic hydroxyl groups excluding tert-OH is 1. The summed E-state index contributed by atoms with van der Waals surface area (Å²) in [7, 11) is 0. The quantitative estimate of drug-likeness (QED) is 0.731. The van der Waals surface area contributed by atoms with Crippen molar-refractivity contribution in [3.05, 3.63) is 34.9 Å². The van der Waals surface area contributed by atoms with Gasteiger partial charge in [-0.2, -0.15) is 0 Å². The molecule has 0 saturated heterocycles. The van der Waals surface area contributed by atoms with Crippen molar-refractivity contribution in [3.63, 3.8) is 0 Å². The number of aliphatic hydroxyl groups is 1. The molecule has 0 heterocycles. The Hall–Kier alpha value is -0.570. The van der Waals surface area contributed by atoms with Gasteiger partial charge in [0.1, 0.15) is 0 Å². The van der Waals surface area contributed by atoms with Crippen molar-refractivity contribution in [2.24, 2.45) is 0 Å². The molecule has 3 heteroatoms. The second-order valence-corrected chi connectivity index (χ2v) is 5.51. The molecule has 0 aliphatic rings. The summed E-state index contributed by atoms with van der Waals surface area (Å²) >= 11 is 5.87. The van der Waals surface area contributed by atoms with E-state index in [2.05, 4.69) is 18.7 Å². The summed E-state index contributed by atoms with van der Waals surface area (Å²) in [6, 6.07) is 7.49. The molecule has 1 aromatic carbocycles. The molecule has 0 radical (unpaired) electrons. The topological polar surface area (TPSA) is 23.5 Å². The van der Waals surface area contributed by atoms with Crippen molar-refractivity contribution < 1.29 is 5.11 Å². The molecule has 0 aliphatic carbocycles. The zero-order valence-corrected chi connectivity index (χ0v) is 12.9. The van der Waals surface area contributed by atoms with E-state index in [1.54, 1.807) is 0 Å². The molecule has 0 aliphatic heterocycles. The van der Waals surface area contributed by atoms with Crippen LogP contribution in [0.3, 0.4) is 0 Å². The maximum Gasteiger partial charge on any atom is 0.0916 e. The molecule has 108 valence electrons. The molecule has 0 amide bonds. The number of unbranched alkanes of at least 4 members (excludes halogenated alkanes) is 2. The van der Waals surface area contributed by atoms with E-state index in [1.165, 1.54) is 25.7 Å². The van der Waals surface area contributed by atoms with E-state index < -0.39 is 6.10 Å². The van der Waals surface area contributed by atoms with Crippen LogP contribution < -0.4 is 0 Å². The summed E-state index contributed by atoms with van der Waals surface area (Å²) in [4.78, 5) is 2.37. The lowest BCUT2D eigenvalue weighted by Gasteiger charge is -2.25. The highest BCUT2D eigenvalue weighted by atomic mass is 35.5. The molecule has 0 unspecified atom stereocenters. The molecule has 1 aromatic rings. The minimum Gasteiger partial charge on any atom is -0.387 e. The fourth-order valence-corrected chi connectivity index (χ4v) is 2.22. The summed E-state index contributed by atoms with van der Waals surface area (Å²) in [5.74, 6) is 0. The molecule has 0 bridgehead atoms. The molecular formula is C16H26ClNO. The van der Waals surface area contributed by atoms with Gasteiger partial charge < -0.3 is 10.0 Å². The van der Waals surface area contributed by atoms with Crippen molar-refractivity contribution in [2.45, 2.75) is 45.6 Å². The first kappa shape index (κ1) is 16.5. The summed E-state index contributed by atoms with van der Waals surface area (Å²) in [6.45, 7) is 7.26. The minimum atomic E-state index is -0.425. The zero-order valence-electron chi connectivity index (χ0n) is 12.1. The number of hydrogen-bond donors (Lipinski definition) is 1. The Morgan fingerprint density at radius 3 is 2.05 bits per heavy atom. The van der Waals surface area contributed by atoms with Gasteiger partial charge in [0.2, 0.25) is 0 Å². The molecule has 1 rings (SSSR count). The molecule has 19 heavy (non-hydrogen) atoms. The first-order chi connectivity index (χ1) is 9.17. The number of nitrogens with zero attached hydrogens (tertiary/aromatic N) is 1. The third kappa shape index (κ3) is 6.42. The van der Waals surface area contributed by atoms with E-state index in [9.17, 15) is 5.11 Å². The van der Waals surface area contributed by atoms with Crippen molar-refractivity contribution in [1.29, 1.82) is 0 Å². The van der Waals surface area contributed by atoms with E-state index in [0.717, 1.165) is 18.7 Å². The Bertz CT molecular complexity index is 331. The lowest BCUT2D eigenvalue weighted by Crippen LogP contribution is -2.30. The van der Waals surface area contributed by atoms with Crippen LogP contribution >= 0.6 is 11.6 Å². The average Bonchev–Trinajstić information content (AvgIpc) is 2.42. The molecular weight excluding hydrogens is 258 g/mol. The number of rotatable bonds is 9. The number of hydrogen-bond acceptors (Lipinski definition) is 2. The first-order valence-corrected chi connectivity index (χ1v) is 7.71. The lowest BCUT2D eigenvalue weighted by atomic mass is 10.1. The Kier molecular flexibility index (Phi) is 8.11. The summed E-state index contributed by atoms with van der Waals surface area (Å²) in [5.41, 5.74) is 0.947. The highest BCUT2D eigenvalue weighted by Crippen LogP contribution is 2.18. The van der Waals surface area contributed by atoms with Crippen molar-refractivity contribution in [1.82, 2.24) is 4.90 Å². The van der Waals surface area contributed by atoms with Gasteiger partial charge in [0.25, 0.3) is 0 Å². The van der Waals surface area contributed by atoms with Crippen LogP contribution in [0.1, 0.15) is 51.2 Å². The summed E-state index contributed by atoms with van der Waals surface area (Å²) in [6.07, 6.45) is 4.35. The Morgan fingerprint density at radius 1 is 1.05 bits per heavy atom. The van der Waals surface area contributed by atoms with Crippen LogP contribution in [0.15, 0.2) is 24.3 Å². The van der Waals surface area contributed by atoms with Crippen LogP contribution in [-0.2, 0) is 0 Å². The maximum atomic E-state index is 10.3. The van der Waals surface area contributed by atoms with E-state index in [1.807, 2.05) is 24.3 Å². The number of halogens is 1. The summed E-state index contributed by atoms with van der Waals surface area (Å²) in [5, 5.41) is 11.0. The Balaban J connectivity index is 2.53. The normalized spacial score (nSPS) is 12.9. The summed E-state index contributed by atoms with van der Waals surface area (Å²) < 4.78 is 0. The standard InChI is InChI=1S/C16H26ClNO/c1-3-5-11-18(12-6-4-2)13-16(19)14-7-9-15(17)10-8-14/h7-10,16,19H,3-6,11-13H2,1-2H3/t16-/m1/s1. The number of benzene rings is 1. The smallest absolute Gasteiger partial charge is 0.0916 e. The molecule has 1 N–H and O–H groups in total. The van der Waals surface area contributed by atoms with Crippen molar-refractivity contribution in [3.8, 4) is 0 Å². The van der Waals surface area contributed by atoms with Crippen molar-refractivity contribution >= 4 is 11.6 Å². The van der Waals surface area contributed by atoms with Gasteiger partial charge >= 0.3 is 0 Å². The van der Waals surface area contributed by atoms with Crippen LogP contribution in [0.4, 0.5) is 0 Å². The molecule has 1 atom stereocenters. The van der Waals surface area contributed by atoms with Gasteiger partial charge in [-0.3, -0.25) is 0 Å². The predicted octanol–water partition coefficient (Wildman–Crippen LogP) is 4.28. The van der Waals surface area contributed by atoms with Gasteiger partial charge in [-0.15, -0.1) is 0 Å². The van der Waals surface area contributed by atoms with E-state index >= 15 is 0 Å². The predicted molar refractivity (Wildman–Crippen MR) is 82.7 cm³/mol. The second kappa shape index (κ2) is 9.35. The van der Waals surface area contributed by atoms with Crippen LogP contribution in [0.2, 0.25) is 5.02 Å². The SMILES string of the molecule is CCCCN(CCCC)C[C@@H](O)c1ccc(Cl)cc1.